The van der Waals surface area contributed by atoms with Gasteiger partial charge in [0.05, 0.1) is 30.7 Å². The van der Waals surface area contributed by atoms with E-state index >= 15 is 0 Å². The van der Waals surface area contributed by atoms with Crippen molar-refractivity contribution in [1.29, 1.82) is 0 Å². The molecule has 1 heterocycles. The van der Waals surface area contributed by atoms with E-state index in [-0.39, 0.29) is 11.7 Å². The summed E-state index contributed by atoms with van der Waals surface area (Å²) in [6, 6.07) is 10.2. The lowest BCUT2D eigenvalue weighted by Gasteiger charge is -2.16. The summed E-state index contributed by atoms with van der Waals surface area (Å²) in [5, 5.41) is 12.9. The number of methoxy groups -OCH3 is 2. The van der Waals surface area contributed by atoms with Crippen LogP contribution < -0.4 is 19.5 Å². The van der Waals surface area contributed by atoms with Gasteiger partial charge in [0.15, 0.2) is 17.1 Å². The number of thioether (sulfide) groups is 1. The highest BCUT2D eigenvalue weighted by Gasteiger charge is 2.20. The number of anilines is 1. The molecular weight excluding hydrogens is 487 g/mol. The van der Waals surface area contributed by atoms with Gasteiger partial charge in [-0.3, -0.25) is 4.79 Å². The van der Waals surface area contributed by atoms with Crippen LogP contribution in [0.15, 0.2) is 41.6 Å². The number of amides is 1. The third kappa shape index (κ3) is 6.25. The van der Waals surface area contributed by atoms with E-state index in [2.05, 4.69) is 15.5 Å². The number of hydrogen-bond donors (Lipinski definition) is 1. The first-order valence-electron chi connectivity index (χ1n) is 10.1. The molecule has 0 saturated carbocycles. The van der Waals surface area contributed by atoms with Crippen LogP contribution in [-0.4, -0.2) is 40.6 Å². The predicted molar refractivity (Wildman–Crippen MR) is 130 cm³/mol. The molecular formula is C22H24Cl2N4O4S. The van der Waals surface area contributed by atoms with Crippen molar-refractivity contribution in [3.8, 4) is 17.2 Å². The molecule has 1 amide bonds. The fraction of sp³-hybridized carbons (Fsp3) is 0.318. The lowest BCUT2D eigenvalue weighted by atomic mass is 10.2. The van der Waals surface area contributed by atoms with Gasteiger partial charge in [0.1, 0.15) is 17.2 Å². The quantitative estimate of drug-likeness (QED) is 0.360. The fourth-order valence-electron chi connectivity index (χ4n) is 3.04. The number of carbonyl (C=O) groups excluding carboxylic acids is 1. The molecule has 0 bridgehead atoms. The standard InChI is InChI=1S/C22H24Cl2N4O4S/c1-5-28-21(13(2)32-18-9-6-14(23)10-16(18)24)26-27-22(28)33-12-20(29)25-17-8-7-15(30-3)11-19(17)31-4/h6-11,13H,5,12H2,1-4H3,(H,25,29). The maximum atomic E-state index is 12.5. The van der Waals surface area contributed by atoms with Gasteiger partial charge in [0, 0.05) is 17.6 Å². The van der Waals surface area contributed by atoms with Crippen molar-refractivity contribution in [2.45, 2.75) is 31.7 Å². The van der Waals surface area contributed by atoms with Crippen molar-refractivity contribution < 1.29 is 19.0 Å². The van der Waals surface area contributed by atoms with Gasteiger partial charge in [-0.15, -0.1) is 10.2 Å². The Morgan fingerprint density at radius 3 is 2.58 bits per heavy atom. The molecule has 0 fully saturated rings. The number of rotatable bonds is 10. The molecule has 3 rings (SSSR count). The molecule has 0 radical (unpaired) electrons. The maximum Gasteiger partial charge on any atom is 0.234 e. The van der Waals surface area contributed by atoms with Crippen LogP contribution in [-0.2, 0) is 11.3 Å². The van der Waals surface area contributed by atoms with Crippen molar-refractivity contribution in [1.82, 2.24) is 14.8 Å². The number of nitrogens with one attached hydrogen (secondary N) is 1. The second-order valence-corrected chi connectivity index (χ2v) is 8.61. The summed E-state index contributed by atoms with van der Waals surface area (Å²) in [6.07, 6.45) is -0.414. The normalized spacial score (nSPS) is 11.7. The first-order chi connectivity index (χ1) is 15.9. The summed E-state index contributed by atoms with van der Waals surface area (Å²) < 4.78 is 18.4. The summed E-state index contributed by atoms with van der Waals surface area (Å²) in [5.74, 6) is 2.22. The Bertz CT molecular complexity index is 1130. The third-order valence-corrected chi connectivity index (χ3v) is 6.14. The number of ether oxygens (including phenoxy) is 3. The van der Waals surface area contributed by atoms with Gasteiger partial charge < -0.3 is 24.1 Å². The lowest BCUT2D eigenvalue weighted by molar-refractivity contribution is -0.113. The first-order valence-corrected chi connectivity index (χ1v) is 11.8. The van der Waals surface area contributed by atoms with E-state index in [4.69, 9.17) is 37.4 Å². The molecule has 176 valence electrons. The summed E-state index contributed by atoms with van der Waals surface area (Å²) in [4.78, 5) is 12.5. The van der Waals surface area contributed by atoms with Gasteiger partial charge in [0.2, 0.25) is 5.91 Å². The number of benzene rings is 2. The highest BCUT2D eigenvalue weighted by atomic mass is 35.5. The zero-order valence-corrected chi connectivity index (χ0v) is 20.9. The smallest absolute Gasteiger partial charge is 0.234 e. The van der Waals surface area contributed by atoms with Gasteiger partial charge in [-0.2, -0.15) is 0 Å². The SMILES string of the molecule is CCn1c(SCC(=O)Nc2ccc(OC)cc2OC)nnc1C(C)Oc1ccc(Cl)cc1Cl. The van der Waals surface area contributed by atoms with E-state index in [0.717, 1.165) is 0 Å². The molecule has 0 aliphatic heterocycles. The Morgan fingerprint density at radius 2 is 1.91 bits per heavy atom. The Balaban J connectivity index is 1.66. The van der Waals surface area contributed by atoms with Crippen LogP contribution in [0.5, 0.6) is 17.2 Å². The molecule has 11 heteroatoms. The zero-order valence-electron chi connectivity index (χ0n) is 18.6. The van der Waals surface area contributed by atoms with Gasteiger partial charge in [-0.1, -0.05) is 35.0 Å². The molecule has 33 heavy (non-hydrogen) atoms. The second kappa shape index (κ2) is 11.5. The molecule has 1 N–H and O–H groups in total. The van der Waals surface area contributed by atoms with Crippen molar-refractivity contribution in [2.24, 2.45) is 0 Å². The van der Waals surface area contributed by atoms with Gasteiger partial charge >= 0.3 is 0 Å². The van der Waals surface area contributed by atoms with Gasteiger partial charge in [0.25, 0.3) is 0 Å². The molecule has 1 unspecified atom stereocenters. The Morgan fingerprint density at radius 1 is 1.12 bits per heavy atom. The molecule has 0 aliphatic carbocycles. The summed E-state index contributed by atoms with van der Waals surface area (Å²) in [6.45, 7) is 4.44. The number of carbonyl (C=O) groups is 1. The summed E-state index contributed by atoms with van der Waals surface area (Å²) in [5.41, 5.74) is 0.559. The monoisotopic (exact) mass is 510 g/mol. The van der Waals surface area contributed by atoms with Crippen molar-refractivity contribution >= 4 is 46.6 Å². The molecule has 3 aromatic rings. The first kappa shape index (κ1) is 25.0. The highest BCUT2D eigenvalue weighted by molar-refractivity contribution is 7.99. The average Bonchev–Trinajstić information content (AvgIpc) is 3.22. The fourth-order valence-corrected chi connectivity index (χ4v) is 4.30. The van der Waals surface area contributed by atoms with Gasteiger partial charge in [-0.25, -0.2) is 0 Å². The second-order valence-electron chi connectivity index (χ2n) is 6.82. The summed E-state index contributed by atoms with van der Waals surface area (Å²) in [7, 11) is 3.10. The van der Waals surface area contributed by atoms with E-state index < -0.39 is 6.10 Å². The minimum Gasteiger partial charge on any atom is -0.497 e. The number of aromatic nitrogens is 3. The third-order valence-electron chi connectivity index (χ3n) is 4.64. The van der Waals surface area contributed by atoms with Crippen LogP contribution in [0.2, 0.25) is 10.0 Å². The van der Waals surface area contributed by atoms with Crippen molar-refractivity contribution in [2.75, 3.05) is 25.3 Å². The minimum atomic E-state index is -0.414. The number of hydrogen-bond acceptors (Lipinski definition) is 7. The maximum absolute atomic E-state index is 12.5. The van der Waals surface area contributed by atoms with Gasteiger partial charge in [-0.05, 0) is 44.2 Å². The number of nitrogens with zero attached hydrogens (tertiary/aromatic N) is 3. The van der Waals surface area contributed by atoms with E-state index in [9.17, 15) is 4.79 Å². The Labute approximate surface area is 206 Å². The van der Waals surface area contributed by atoms with E-state index in [1.165, 1.54) is 18.9 Å². The molecule has 0 aliphatic rings. The summed E-state index contributed by atoms with van der Waals surface area (Å²) >= 11 is 13.4. The van der Waals surface area contributed by atoms with Crippen LogP contribution in [0.1, 0.15) is 25.8 Å². The van der Waals surface area contributed by atoms with Crippen LogP contribution >= 0.6 is 35.0 Å². The minimum absolute atomic E-state index is 0.144. The molecule has 0 saturated heterocycles. The lowest BCUT2D eigenvalue weighted by Crippen LogP contribution is -2.16. The van der Waals surface area contributed by atoms with Crippen LogP contribution in [0, 0.1) is 0 Å². The van der Waals surface area contributed by atoms with Crippen molar-refractivity contribution in [3.05, 3.63) is 52.3 Å². The molecule has 8 nitrogen and oxygen atoms in total. The highest BCUT2D eigenvalue weighted by Crippen LogP contribution is 2.32. The largest absolute Gasteiger partial charge is 0.497 e. The zero-order chi connectivity index (χ0) is 24.0. The molecule has 2 aromatic carbocycles. The Hall–Kier alpha value is -2.62. The van der Waals surface area contributed by atoms with E-state index in [1.54, 1.807) is 43.5 Å². The predicted octanol–water partition coefficient (Wildman–Crippen LogP) is 5.49. The van der Waals surface area contributed by atoms with Crippen molar-refractivity contribution in [3.63, 3.8) is 0 Å². The van der Waals surface area contributed by atoms with Crippen LogP contribution in [0.4, 0.5) is 5.69 Å². The number of halogens is 2. The molecule has 1 atom stereocenters. The topological polar surface area (TPSA) is 87.5 Å². The van der Waals surface area contributed by atoms with E-state index in [0.29, 0.717) is 50.5 Å². The molecule has 1 aromatic heterocycles. The molecule has 0 spiro atoms. The van der Waals surface area contributed by atoms with E-state index in [1.807, 2.05) is 18.4 Å². The van der Waals surface area contributed by atoms with Crippen LogP contribution in [0.3, 0.4) is 0 Å². The van der Waals surface area contributed by atoms with Crippen LogP contribution in [0.25, 0.3) is 0 Å². The Kier molecular flexibility index (Phi) is 8.71. The average molecular weight is 511 g/mol.